The van der Waals surface area contributed by atoms with Crippen molar-refractivity contribution >= 4 is 11.8 Å². The van der Waals surface area contributed by atoms with Crippen LogP contribution in [0.15, 0.2) is 78.9 Å². The predicted molar refractivity (Wildman–Crippen MR) is 152 cm³/mol. The second kappa shape index (κ2) is 13.9. The van der Waals surface area contributed by atoms with E-state index in [4.69, 9.17) is 0 Å². The van der Waals surface area contributed by atoms with Crippen molar-refractivity contribution in [3.05, 3.63) is 107 Å². The van der Waals surface area contributed by atoms with Crippen LogP contribution in [-0.4, -0.2) is 29.3 Å². The number of rotatable bonds is 12. The highest BCUT2D eigenvalue weighted by Crippen LogP contribution is 2.23. The first kappa shape index (κ1) is 29.1. The molecule has 0 aliphatic rings. The Labute approximate surface area is 227 Å². The van der Waals surface area contributed by atoms with Crippen LogP contribution in [0.5, 0.6) is 0 Å². The highest BCUT2D eigenvalue weighted by molar-refractivity contribution is 5.88. The normalized spacial score (nSPS) is 12.1. The Kier molecular flexibility index (Phi) is 10.6. The van der Waals surface area contributed by atoms with E-state index in [0.29, 0.717) is 19.4 Å². The molecule has 4 nitrogen and oxygen atoms in total. The molecule has 0 saturated heterocycles. The fourth-order valence-electron chi connectivity index (χ4n) is 4.41. The minimum atomic E-state index is -0.671. The van der Waals surface area contributed by atoms with Crippen molar-refractivity contribution < 1.29 is 14.0 Å². The van der Waals surface area contributed by atoms with E-state index in [1.54, 1.807) is 17.0 Å². The largest absolute Gasteiger partial charge is 0.354 e. The van der Waals surface area contributed by atoms with E-state index >= 15 is 0 Å². The van der Waals surface area contributed by atoms with Gasteiger partial charge in [0.05, 0.1) is 0 Å². The monoisotopic (exact) mass is 516 g/mol. The van der Waals surface area contributed by atoms with Crippen LogP contribution in [0.2, 0.25) is 0 Å². The molecule has 202 valence electrons. The molecule has 3 aromatic carbocycles. The van der Waals surface area contributed by atoms with Crippen LogP contribution in [0.3, 0.4) is 0 Å². The Bertz CT molecular complexity index is 1150. The lowest BCUT2D eigenvalue weighted by Crippen LogP contribution is -2.50. The quantitative estimate of drug-likeness (QED) is 0.275. The van der Waals surface area contributed by atoms with Crippen LogP contribution in [0, 0.1) is 5.82 Å². The number of unbranched alkanes of at least 4 members (excludes halogenated alkanes) is 1. The van der Waals surface area contributed by atoms with E-state index in [-0.39, 0.29) is 36.0 Å². The van der Waals surface area contributed by atoms with Gasteiger partial charge in [-0.1, -0.05) is 101 Å². The lowest BCUT2D eigenvalue weighted by atomic mass is 9.86. The third kappa shape index (κ3) is 8.83. The van der Waals surface area contributed by atoms with Crippen molar-refractivity contribution in [1.29, 1.82) is 0 Å². The van der Waals surface area contributed by atoms with E-state index in [2.05, 4.69) is 57.3 Å². The van der Waals surface area contributed by atoms with E-state index in [0.717, 1.165) is 29.5 Å². The average Bonchev–Trinajstić information content (AvgIpc) is 2.90. The summed E-state index contributed by atoms with van der Waals surface area (Å²) in [7, 11) is 0. The molecule has 2 amide bonds. The van der Waals surface area contributed by atoms with Gasteiger partial charge in [0.2, 0.25) is 11.8 Å². The summed E-state index contributed by atoms with van der Waals surface area (Å²) in [5.74, 6) is -0.587. The molecule has 0 aliphatic heterocycles. The molecule has 0 bridgehead atoms. The number of halogens is 1. The van der Waals surface area contributed by atoms with Crippen LogP contribution < -0.4 is 5.32 Å². The molecule has 0 heterocycles. The average molecular weight is 517 g/mol. The van der Waals surface area contributed by atoms with Gasteiger partial charge >= 0.3 is 0 Å². The summed E-state index contributed by atoms with van der Waals surface area (Å²) in [6, 6.07) is 23.6. The lowest BCUT2D eigenvalue weighted by molar-refractivity contribution is -0.141. The molecule has 0 saturated carbocycles. The van der Waals surface area contributed by atoms with Crippen molar-refractivity contribution in [3.63, 3.8) is 0 Å². The van der Waals surface area contributed by atoms with Crippen LogP contribution in [-0.2, 0) is 34.4 Å². The van der Waals surface area contributed by atoms with Gasteiger partial charge in [-0.3, -0.25) is 9.59 Å². The zero-order chi connectivity index (χ0) is 27.5. The molecule has 1 N–H and O–H groups in total. The number of amides is 2. The fourth-order valence-corrected chi connectivity index (χ4v) is 4.41. The predicted octanol–water partition coefficient (Wildman–Crippen LogP) is 6.61. The minimum Gasteiger partial charge on any atom is -0.354 e. The third-order valence-corrected chi connectivity index (χ3v) is 6.81. The fraction of sp³-hybridized carbons (Fsp3) is 0.394. The summed E-state index contributed by atoms with van der Waals surface area (Å²) in [4.78, 5) is 28.9. The number of carbonyl (C=O) groups is 2. The van der Waals surface area contributed by atoms with E-state index in [9.17, 15) is 14.0 Å². The second-order valence-electron chi connectivity index (χ2n) is 10.9. The molecule has 0 fully saturated rings. The molecular formula is C33H41FN2O2. The zero-order valence-corrected chi connectivity index (χ0v) is 23.2. The maximum Gasteiger partial charge on any atom is 0.243 e. The summed E-state index contributed by atoms with van der Waals surface area (Å²) < 4.78 is 13.6. The van der Waals surface area contributed by atoms with Gasteiger partial charge in [0.25, 0.3) is 0 Å². The van der Waals surface area contributed by atoms with Crippen molar-refractivity contribution in [1.82, 2.24) is 10.2 Å². The Morgan fingerprint density at radius 2 is 1.50 bits per heavy atom. The van der Waals surface area contributed by atoms with Gasteiger partial charge in [-0.2, -0.15) is 0 Å². The minimum absolute atomic E-state index is 0.0656. The summed E-state index contributed by atoms with van der Waals surface area (Å²) in [5, 5.41) is 3.04. The molecule has 3 rings (SSSR count). The maximum atomic E-state index is 13.8. The lowest BCUT2D eigenvalue weighted by Gasteiger charge is -2.32. The van der Waals surface area contributed by atoms with Crippen molar-refractivity contribution in [3.8, 4) is 0 Å². The first-order valence-corrected chi connectivity index (χ1v) is 13.6. The van der Waals surface area contributed by atoms with Crippen LogP contribution >= 0.6 is 0 Å². The smallest absolute Gasteiger partial charge is 0.243 e. The van der Waals surface area contributed by atoms with Gasteiger partial charge in [0, 0.05) is 25.9 Å². The summed E-state index contributed by atoms with van der Waals surface area (Å²) in [5.41, 5.74) is 4.17. The first-order valence-electron chi connectivity index (χ1n) is 13.6. The Morgan fingerprint density at radius 1 is 0.868 bits per heavy atom. The van der Waals surface area contributed by atoms with E-state index in [1.165, 1.54) is 17.7 Å². The van der Waals surface area contributed by atoms with Crippen LogP contribution in [0.1, 0.15) is 69.2 Å². The van der Waals surface area contributed by atoms with E-state index < -0.39 is 6.04 Å². The zero-order valence-electron chi connectivity index (χ0n) is 23.2. The molecule has 0 radical (unpaired) electrons. The molecule has 5 heteroatoms. The van der Waals surface area contributed by atoms with Crippen molar-refractivity contribution in [2.45, 2.75) is 77.8 Å². The summed E-state index contributed by atoms with van der Waals surface area (Å²) in [6.45, 7) is 9.41. The van der Waals surface area contributed by atoms with Crippen LogP contribution in [0.25, 0.3) is 0 Å². The molecule has 0 aromatic heterocycles. The van der Waals surface area contributed by atoms with Gasteiger partial charge < -0.3 is 10.2 Å². The topological polar surface area (TPSA) is 49.4 Å². The third-order valence-electron chi connectivity index (χ3n) is 6.81. The Balaban J connectivity index is 1.85. The number of benzene rings is 3. The second-order valence-corrected chi connectivity index (χ2v) is 10.9. The maximum absolute atomic E-state index is 13.8. The number of nitrogens with one attached hydrogen (secondary N) is 1. The standard InChI is InChI=1S/C33H41FN2O2/c1-5-6-22-35-32(38)30(23-26-10-8-7-9-11-26)36(24-27-14-19-29(34)20-15-27)31(37)21-16-25-12-17-28(18-13-25)33(2,3)4/h7-15,17-20,30H,5-6,16,21-24H2,1-4H3,(H,35,38)/t30-/m0/s1. The molecule has 0 spiro atoms. The first-order chi connectivity index (χ1) is 18.2. The van der Waals surface area contributed by atoms with Gasteiger partial charge in [0.1, 0.15) is 11.9 Å². The molecule has 0 unspecified atom stereocenters. The van der Waals surface area contributed by atoms with Crippen LogP contribution in [0.4, 0.5) is 4.39 Å². The van der Waals surface area contributed by atoms with Gasteiger partial charge in [-0.05, 0) is 52.6 Å². The SMILES string of the molecule is CCCCNC(=O)[C@H](Cc1ccccc1)N(Cc1ccc(F)cc1)C(=O)CCc1ccc(C(C)(C)C)cc1. The van der Waals surface area contributed by atoms with Gasteiger partial charge in [-0.25, -0.2) is 4.39 Å². The molecule has 0 aliphatic carbocycles. The van der Waals surface area contributed by atoms with Gasteiger partial charge in [0.15, 0.2) is 0 Å². The van der Waals surface area contributed by atoms with Crippen molar-refractivity contribution in [2.24, 2.45) is 0 Å². The Hall–Kier alpha value is -3.47. The molecule has 1 atom stereocenters. The highest BCUT2D eigenvalue weighted by Gasteiger charge is 2.30. The van der Waals surface area contributed by atoms with Crippen molar-refractivity contribution in [2.75, 3.05) is 6.54 Å². The summed E-state index contributed by atoms with van der Waals surface area (Å²) in [6.07, 6.45) is 3.12. The number of hydrogen-bond donors (Lipinski definition) is 1. The van der Waals surface area contributed by atoms with Gasteiger partial charge in [-0.15, -0.1) is 0 Å². The number of hydrogen-bond acceptors (Lipinski definition) is 2. The molecule has 38 heavy (non-hydrogen) atoms. The molecular weight excluding hydrogens is 475 g/mol. The number of carbonyl (C=O) groups excluding carboxylic acids is 2. The number of nitrogens with zero attached hydrogens (tertiary/aromatic N) is 1. The van der Waals surface area contributed by atoms with E-state index in [1.807, 2.05) is 30.3 Å². The number of aryl methyl sites for hydroxylation is 1. The highest BCUT2D eigenvalue weighted by atomic mass is 19.1. The molecule has 3 aromatic rings. The summed E-state index contributed by atoms with van der Waals surface area (Å²) >= 11 is 0. The Morgan fingerprint density at radius 3 is 2.11 bits per heavy atom.